The Morgan fingerprint density at radius 1 is 0.957 bits per heavy atom. The van der Waals surface area contributed by atoms with E-state index in [2.05, 4.69) is 12.1 Å². The lowest BCUT2D eigenvalue weighted by Crippen LogP contribution is -2.66. The van der Waals surface area contributed by atoms with Gasteiger partial charge in [-0.15, -0.1) is 0 Å². The third-order valence-corrected chi connectivity index (χ3v) is 7.16. The molecule has 8 rings (SSSR count). The van der Waals surface area contributed by atoms with Crippen molar-refractivity contribution in [3.63, 3.8) is 0 Å². The van der Waals surface area contributed by atoms with Crippen LogP contribution in [0.3, 0.4) is 0 Å². The predicted molar refractivity (Wildman–Crippen MR) is 77.1 cm³/mol. The maximum absolute atomic E-state index is 6.55. The highest BCUT2D eigenvalue weighted by Gasteiger charge is 2.77. The SMILES string of the molecule is c1c2c(cc3c1[C@@H]1O[C@H]4O[C@H]5C[C@@]16CCCC[C@@]6(O5)[C@@H]34)OCO2. The summed E-state index contributed by atoms with van der Waals surface area (Å²) in [4.78, 5) is 0. The number of hydrogen-bond donors (Lipinski definition) is 0. The molecule has 1 aromatic rings. The molecule has 0 unspecified atom stereocenters. The molecular weight excluding hydrogens is 296 g/mol. The van der Waals surface area contributed by atoms with E-state index in [0.717, 1.165) is 24.3 Å². The van der Waals surface area contributed by atoms with Gasteiger partial charge in [0.15, 0.2) is 24.1 Å². The number of ether oxygens (including phenoxy) is 5. The van der Waals surface area contributed by atoms with Crippen molar-refractivity contribution < 1.29 is 23.7 Å². The average molecular weight is 314 g/mol. The largest absolute Gasteiger partial charge is 0.454 e. The zero-order valence-corrected chi connectivity index (χ0v) is 12.7. The summed E-state index contributed by atoms with van der Waals surface area (Å²) in [6.45, 7) is 0.309. The molecular formula is C18H18O5. The van der Waals surface area contributed by atoms with E-state index in [4.69, 9.17) is 23.7 Å². The molecule has 1 saturated carbocycles. The lowest BCUT2D eigenvalue weighted by molar-refractivity contribution is -0.386. The van der Waals surface area contributed by atoms with Gasteiger partial charge in [0, 0.05) is 11.8 Å². The van der Waals surface area contributed by atoms with Crippen molar-refractivity contribution >= 4 is 0 Å². The second-order valence-electron chi connectivity index (χ2n) is 7.84. The van der Waals surface area contributed by atoms with E-state index < -0.39 is 0 Å². The van der Waals surface area contributed by atoms with Gasteiger partial charge in [-0.25, -0.2) is 0 Å². The summed E-state index contributed by atoms with van der Waals surface area (Å²) in [5.41, 5.74) is 2.56. The van der Waals surface area contributed by atoms with E-state index in [1.165, 1.54) is 30.4 Å². The van der Waals surface area contributed by atoms with Crippen molar-refractivity contribution in [3.05, 3.63) is 23.3 Å². The lowest BCUT2D eigenvalue weighted by Gasteiger charge is -2.64. The quantitative estimate of drug-likeness (QED) is 0.737. The first-order chi connectivity index (χ1) is 11.3. The fourth-order valence-corrected chi connectivity index (χ4v) is 6.45. The highest BCUT2D eigenvalue weighted by atomic mass is 16.8. The molecule has 0 amide bonds. The summed E-state index contributed by atoms with van der Waals surface area (Å²) in [5, 5.41) is 0. The number of hydrogen-bond acceptors (Lipinski definition) is 5. The second kappa shape index (κ2) is 3.53. The summed E-state index contributed by atoms with van der Waals surface area (Å²) in [6.07, 6.45) is 5.58. The van der Waals surface area contributed by atoms with Crippen LogP contribution in [0.4, 0.5) is 0 Å². The van der Waals surface area contributed by atoms with Crippen LogP contribution in [0.1, 0.15) is 55.3 Å². The zero-order chi connectivity index (χ0) is 14.8. The Kier molecular flexibility index (Phi) is 1.86. The molecule has 7 aliphatic rings. The Hall–Kier alpha value is -1.30. The molecule has 0 radical (unpaired) electrons. The number of rotatable bonds is 0. The van der Waals surface area contributed by atoms with Crippen molar-refractivity contribution in [2.45, 2.75) is 62.3 Å². The molecule has 0 N–H and O–H groups in total. The standard InChI is InChI=1S/C18H18O5/c1-2-4-18-14-9-5-11-12(20-8-19-11)6-10(9)15-17(18,3-1)7-13(23-18)21-16(14)22-15/h5-6,13-16H,1-4,7-8H2/t13-,14+,15+,16-,17+,18-/m1/s1. The summed E-state index contributed by atoms with van der Waals surface area (Å²) < 4.78 is 30.4. The Bertz CT molecular complexity index is 741. The Morgan fingerprint density at radius 2 is 1.78 bits per heavy atom. The topological polar surface area (TPSA) is 46.2 Å². The fraction of sp³-hybridized carbons (Fsp3) is 0.667. The van der Waals surface area contributed by atoms with Gasteiger partial charge in [-0.1, -0.05) is 12.8 Å². The smallest absolute Gasteiger partial charge is 0.231 e. The molecule has 0 aromatic heterocycles. The number of fused-ring (bicyclic) bond motifs is 2. The average Bonchev–Trinajstić information content (AvgIpc) is 3.08. The molecule has 5 aliphatic heterocycles. The van der Waals surface area contributed by atoms with E-state index in [9.17, 15) is 0 Å². The summed E-state index contributed by atoms with van der Waals surface area (Å²) in [5.74, 6) is 1.86. The van der Waals surface area contributed by atoms with E-state index in [1.807, 2.05) is 0 Å². The molecule has 2 aliphatic carbocycles. The third kappa shape index (κ3) is 1.11. The van der Waals surface area contributed by atoms with Gasteiger partial charge < -0.3 is 23.7 Å². The minimum absolute atomic E-state index is 0.0646. The van der Waals surface area contributed by atoms with Crippen LogP contribution in [0.5, 0.6) is 11.5 Å². The van der Waals surface area contributed by atoms with Crippen molar-refractivity contribution in [3.8, 4) is 11.5 Å². The van der Waals surface area contributed by atoms with Crippen LogP contribution in [-0.2, 0) is 14.2 Å². The Morgan fingerprint density at radius 3 is 2.70 bits per heavy atom. The molecule has 5 bridgehead atoms. The van der Waals surface area contributed by atoms with E-state index in [-0.39, 0.29) is 35.6 Å². The zero-order valence-electron chi connectivity index (χ0n) is 12.7. The van der Waals surface area contributed by atoms with Crippen LogP contribution in [-0.4, -0.2) is 25.0 Å². The predicted octanol–water partition coefficient (Wildman–Crippen LogP) is 2.99. The molecule has 4 fully saturated rings. The van der Waals surface area contributed by atoms with Gasteiger partial charge >= 0.3 is 0 Å². The normalized spacial score (nSPS) is 50.1. The van der Waals surface area contributed by atoms with E-state index >= 15 is 0 Å². The van der Waals surface area contributed by atoms with Crippen LogP contribution in [0.25, 0.3) is 0 Å². The first kappa shape index (κ1) is 12.1. The molecule has 120 valence electrons. The summed E-state index contributed by atoms with van der Waals surface area (Å²) >= 11 is 0. The first-order valence-electron chi connectivity index (χ1n) is 8.73. The summed E-state index contributed by atoms with van der Waals surface area (Å²) in [7, 11) is 0. The summed E-state index contributed by atoms with van der Waals surface area (Å²) in [6, 6.07) is 4.31. The van der Waals surface area contributed by atoms with Crippen LogP contribution in [0.2, 0.25) is 0 Å². The first-order valence-corrected chi connectivity index (χ1v) is 8.73. The molecule has 5 heterocycles. The minimum atomic E-state index is -0.166. The van der Waals surface area contributed by atoms with Gasteiger partial charge in [-0.05, 0) is 36.1 Å². The highest BCUT2D eigenvalue weighted by Crippen LogP contribution is 2.76. The Balaban J connectivity index is 1.55. The van der Waals surface area contributed by atoms with Crippen LogP contribution < -0.4 is 9.47 Å². The molecule has 3 saturated heterocycles. The van der Waals surface area contributed by atoms with Crippen molar-refractivity contribution in [2.75, 3.05) is 6.79 Å². The molecule has 23 heavy (non-hydrogen) atoms. The van der Waals surface area contributed by atoms with Crippen molar-refractivity contribution in [2.24, 2.45) is 5.41 Å². The second-order valence-corrected chi connectivity index (χ2v) is 7.84. The van der Waals surface area contributed by atoms with Crippen LogP contribution in [0.15, 0.2) is 12.1 Å². The van der Waals surface area contributed by atoms with Crippen molar-refractivity contribution in [1.29, 1.82) is 0 Å². The number of benzene rings is 1. The molecule has 1 aromatic carbocycles. The molecule has 5 heteroatoms. The monoisotopic (exact) mass is 314 g/mol. The fourth-order valence-electron chi connectivity index (χ4n) is 6.45. The van der Waals surface area contributed by atoms with Gasteiger partial charge in [0.1, 0.15) is 0 Å². The Labute approximate surface area is 133 Å². The maximum Gasteiger partial charge on any atom is 0.231 e. The maximum atomic E-state index is 6.55. The minimum Gasteiger partial charge on any atom is -0.454 e. The lowest BCUT2D eigenvalue weighted by atomic mass is 9.49. The van der Waals surface area contributed by atoms with Gasteiger partial charge in [0.2, 0.25) is 6.79 Å². The van der Waals surface area contributed by atoms with Gasteiger partial charge in [0.25, 0.3) is 0 Å². The van der Waals surface area contributed by atoms with E-state index in [0.29, 0.717) is 6.79 Å². The van der Waals surface area contributed by atoms with Gasteiger partial charge in [-0.2, -0.15) is 0 Å². The van der Waals surface area contributed by atoms with Gasteiger partial charge in [0.05, 0.1) is 17.6 Å². The molecule has 5 nitrogen and oxygen atoms in total. The molecule has 1 spiro atoms. The van der Waals surface area contributed by atoms with Gasteiger partial charge in [-0.3, -0.25) is 0 Å². The molecule has 6 atom stereocenters. The van der Waals surface area contributed by atoms with Crippen molar-refractivity contribution in [1.82, 2.24) is 0 Å². The highest BCUT2D eigenvalue weighted by molar-refractivity contribution is 5.55. The van der Waals surface area contributed by atoms with Crippen LogP contribution in [0, 0.1) is 5.41 Å². The van der Waals surface area contributed by atoms with Crippen LogP contribution >= 0.6 is 0 Å². The third-order valence-electron chi connectivity index (χ3n) is 7.16. The van der Waals surface area contributed by atoms with E-state index in [1.54, 1.807) is 0 Å².